The Morgan fingerprint density at radius 1 is 1.43 bits per heavy atom. The number of oxime groups is 1. The molecule has 1 atom stereocenters. The number of nitrogens with one attached hydrogen (secondary N) is 1. The van der Waals surface area contributed by atoms with Gasteiger partial charge in [-0.15, -0.1) is 0 Å². The first kappa shape index (κ1) is 15.3. The van der Waals surface area contributed by atoms with Crippen LogP contribution in [0, 0.1) is 12.8 Å². The molecule has 1 aliphatic carbocycles. The molecule has 1 unspecified atom stereocenters. The van der Waals surface area contributed by atoms with Gasteiger partial charge in [-0.3, -0.25) is 4.79 Å². The van der Waals surface area contributed by atoms with Gasteiger partial charge in [0.2, 0.25) is 0 Å². The predicted molar refractivity (Wildman–Crippen MR) is 80.2 cm³/mol. The molecule has 0 spiro atoms. The standard InChI is InChI=1S/C15H22N4O2/c1-10-6-5-9-12(17-10)15(20)18-13(14(16)19-21)11-7-3-2-4-8-11/h5-6,9,11,13,21H,2-4,7-8H2,1H3,(H2,16,19)(H,18,20). The minimum absolute atomic E-state index is 0.0582. The zero-order valence-electron chi connectivity index (χ0n) is 12.2. The molecule has 1 aliphatic rings. The third-order valence-electron chi connectivity index (χ3n) is 3.96. The summed E-state index contributed by atoms with van der Waals surface area (Å²) in [7, 11) is 0. The van der Waals surface area contributed by atoms with E-state index in [1.54, 1.807) is 12.1 Å². The maximum atomic E-state index is 12.3. The van der Waals surface area contributed by atoms with Crippen LogP contribution in [0.5, 0.6) is 0 Å². The van der Waals surface area contributed by atoms with E-state index in [0.717, 1.165) is 31.4 Å². The number of amides is 1. The lowest BCUT2D eigenvalue weighted by molar-refractivity contribution is 0.0925. The molecule has 0 aromatic carbocycles. The van der Waals surface area contributed by atoms with Crippen molar-refractivity contribution in [2.75, 3.05) is 0 Å². The van der Waals surface area contributed by atoms with Gasteiger partial charge in [0.25, 0.3) is 5.91 Å². The summed E-state index contributed by atoms with van der Waals surface area (Å²) < 4.78 is 0. The van der Waals surface area contributed by atoms with Crippen molar-refractivity contribution in [3.63, 3.8) is 0 Å². The summed E-state index contributed by atoms with van der Waals surface area (Å²) in [6, 6.07) is 4.84. The van der Waals surface area contributed by atoms with E-state index in [4.69, 9.17) is 10.9 Å². The number of hydrogen-bond acceptors (Lipinski definition) is 4. The minimum atomic E-state index is -0.440. The first-order valence-corrected chi connectivity index (χ1v) is 7.33. The number of carbonyl (C=O) groups is 1. The molecule has 1 aromatic rings. The highest BCUT2D eigenvalue weighted by Crippen LogP contribution is 2.26. The Balaban J connectivity index is 2.12. The summed E-state index contributed by atoms with van der Waals surface area (Å²) in [5.41, 5.74) is 6.90. The molecule has 114 valence electrons. The van der Waals surface area contributed by atoms with Gasteiger partial charge in [0.15, 0.2) is 5.84 Å². The monoisotopic (exact) mass is 290 g/mol. The summed E-state index contributed by atoms with van der Waals surface area (Å²) in [4.78, 5) is 16.5. The number of nitrogens with zero attached hydrogens (tertiary/aromatic N) is 2. The van der Waals surface area contributed by atoms with Crippen LogP contribution in [0.3, 0.4) is 0 Å². The van der Waals surface area contributed by atoms with Gasteiger partial charge < -0.3 is 16.3 Å². The maximum absolute atomic E-state index is 12.3. The number of aromatic nitrogens is 1. The van der Waals surface area contributed by atoms with Crippen molar-refractivity contribution in [1.82, 2.24) is 10.3 Å². The second-order valence-corrected chi connectivity index (χ2v) is 5.54. The molecular weight excluding hydrogens is 268 g/mol. The van der Waals surface area contributed by atoms with Gasteiger partial charge in [0.1, 0.15) is 5.69 Å². The SMILES string of the molecule is Cc1cccc(C(=O)NC(/C(N)=N/O)C2CCCCC2)n1. The van der Waals surface area contributed by atoms with E-state index in [-0.39, 0.29) is 17.7 Å². The molecule has 1 amide bonds. The van der Waals surface area contributed by atoms with E-state index in [1.165, 1.54) is 6.42 Å². The fourth-order valence-corrected chi connectivity index (χ4v) is 2.85. The molecule has 21 heavy (non-hydrogen) atoms. The highest BCUT2D eigenvalue weighted by molar-refractivity contribution is 5.97. The van der Waals surface area contributed by atoms with E-state index >= 15 is 0 Å². The molecule has 2 rings (SSSR count). The number of rotatable bonds is 4. The van der Waals surface area contributed by atoms with Crippen LogP contribution < -0.4 is 11.1 Å². The van der Waals surface area contributed by atoms with Gasteiger partial charge in [-0.1, -0.05) is 30.5 Å². The molecule has 0 aliphatic heterocycles. The Labute approximate surface area is 124 Å². The summed E-state index contributed by atoms with van der Waals surface area (Å²) in [6.07, 6.45) is 5.37. The van der Waals surface area contributed by atoms with E-state index in [0.29, 0.717) is 5.69 Å². The highest BCUT2D eigenvalue weighted by Gasteiger charge is 2.29. The number of amidine groups is 1. The van der Waals surface area contributed by atoms with Crippen molar-refractivity contribution in [3.05, 3.63) is 29.6 Å². The summed E-state index contributed by atoms with van der Waals surface area (Å²) in [5.74, 6) is -0.0211. The fourth-order valence-electron chi connectivity index (χ4n) is 2.85. The normalized spacial score (nSPS) is 18.2. The van der Waals surface area contributed by atoms with Crippen LogP contribution >= 0.6 is 0 Å². The van der Waals surface area contributed by atoms with Gasteiger partial charge in [-0.05, 0) is 37.8 Å². The van der Waals surface area contributed by atoms with Crippen molar-refractivity contribution in [1.29, 1.82) is 0 Å². The summed E-state index contributed by atoms with van der Waals surface area (Å²) in [5, 5.41) is 14.9. The van der Waals surface area contributed by atoms with Crippen molar-refractivity contribution < 1.29 is 10.0 Å². The molecule has 0 bridgehead atoms. The van der Waals surface area contributed by atoms with Crippen molar-refractivity contribution in [2.45, 2.75) is 45.1 Å². The van der Waals surface area contributed by atoms with E-state index in [1.807, 2.05) is 13.0 Å². The van der Waals surface area contributed by atoms with E-state index in [9.17, 15) is 4.79 Å². The number of carbonyl (C=O) groups excluding carboxylic acids is 1. The second-order valence-electron chi connectivity index (χ2n) is 5.54. The first-order valence-electron chi connectivity index (χ1n) is 7.33. The Morgan fingerprint density at radius 3 is 2.76 bits per heavy atom. The van der Waals surface area contributed by atoms with Gasteiger partial charge in [0.05, 0.1) is 6.04 Å². The zero-order valence-corrected chi connectivity index (χ0v) is 12.2. The predicted octanol–water partition coefficient (Wildman–Crippen LogP) is 1.82. The molecule has 1 saturated carbocycles. The molecular formula is C15H22N4O2. The van der Waals surface area contributed by atoms with Crippen LogP contribution in [-0.4, -0.2) is 28.0 Å². The molecule has 1 aromatic heterocycles. The van der Waals surface area contributed by atoms with Gasteiger partial charge in [0, 0.05) is 5.69 Å². The fraction of sp³-hybridized carbons (Fsp3) is 0.533. The molecule has 4 N–H and O–H groups in total. The maximum Gasteiger partial charge on any atom is 0.270 e. The van der Waals surface area contributed by atoms with Gasteiger partial charge in [-0.25, -0.2) is 4.98 Å². The average molecular weight is 290 g/mol. The molecule has 6 nitrogen and oxygen atoms in total. The number of aryl methyl sites for hydroxylation is 1. The Hall–Kier alpha value is -2.11. The molecule has 0 saturated heterocycles. The van der Waals surface area contributed by atoms with Crippen molar-refractivity contribution in [3.8, 4) is 0 Å². The zero-order chi connectivity index (χ0) is 15.2. The lowest BCUT2D eigenvalue weighted by atomic mass is 9.83. The highest BCUT2D eigenvalue weighted by atomic mass is 16.4. The molecule has 1 heterocycles. The smallest absolute Gasteiger partial charge is 0.270 e. The van der Waals surface area contributed by atoms with Crippen molar-refractivity contribution >= 4 is 11.7 Å². The van der Waals surface area contributed by atoms with Gasteiger partial charge in [-0.2, -0.15) is 0 Å². The number of hydrogen-bond donors (Lipinski definition) is 3. The van der Waals surface area contributed by atoms with E-state index in [2.05, 4.69) is 15.5 Å². The number of pyridine rings is 1. The first-order chi connectivity index (χ1) is 10.1. The topological polar surface area (TPSA) is 101 Å². The third kappa shape index (κ3) is 3.93. The Bertz CT molecular complexity index is 524. The molecule has 1 fully saturated rings. The van der Waals surface area contributed by atoms with Gasteiger partial charge >= 0.3 is 0 Å². The minimum Gasteiger partial charge on any atom is -0.409 e. The van der Waals surface area contributed by atoms with Crippen LogP contribution in [0.4, 0.5) is 0 Å². The number of nitrogens with two attached hydrogens (primary N) is 1. The lowest BCUT2D eigenvalue weighted by Gasteiger charge is -2.29. The van der Waals surface area contributed by atoms with Crippen LogP contribution in [0.15, 0.2) is 23.4 Å². The average Bonchev–Trinajstić information content (AvgIpc) is 2.52. The van der Waals surface area contributed by atoms with Crippen LogP contribution in [0.2, 0.25) is 0 Å². The van der Waals surface area contributed by atoms with Crippen LogP contribution in [-0.2, 0) is 0 Å². The van der Waals surface area contributed by atoms with Crippen LogP contribution in [0.25, 0.3) is 0 Å². The summed E-state index contributed by atoms with van der Waals surface area (Å²) in [6.45, 7) is 1.83. The Kier molecular flexibility index (Phi) is 5.14. The van der Waals surface area contributed by atoms with Crippen molar-refractivity contribution in [2.24, 2.45) is 16.8 Å². The summed E-state index contributed by atoms with van der Waals surface area (Å²) >= 11 is 0. The third-order valence-corrected chi connectivity index (χ3v) is 3.96. The molecule has 0 radical (unpaired) electrons. The quantitative estimate of drug-likeness (QED) is 0.341. The second kappa shape index (κ2) is 7.06. The Morgan fingerprint density at radius 2 is 2.14 bits per heavy atom. The van der Waals surface area contributed by atoms with Crippen LogP contribution in [0.1, 0.15) is 48.3 Å². The van der Waals surface area contributed by atoms with E-state index < -0.39 is 6.04 Å². The molecule has 6 heteroatoms. The lowest BCUT2D eigenvalue weighted by Crippen LogP contribution is -2.50. The largest absolute Gasteiger partial charge is 0.409 e.